The van der Waals surface area contributed by atoms with E-state index in [0.29, 0.717) is 18.7 Å². The molecule has 0 heterocycles. The molecule has 0 saturated carbocycles. The summed E-state index contributed by atoms with van der Waals surface area (Å²) in [6.07, 6.45) is 0.160. The number of benzene rings is 2. The van der Waals surface area contributed by atoms with Crippen LogP contribution in [0.4, 0.5) is 0 Å². The first-order valence-corrected chi connectivity index (χ1v) is 8.35. The van der Waals surface area contributed by atoms with E-state index in [0.717, 1.165) is 11.1 Å². The highest BCUT2D eigenvalue weighted by Gasteiger charge is 2.15. The summed E-state index contributed by atoms with van der Waals surface area (Å²) in [5, 5.41) is 3.00. The number of hydrogen-bond donors (Lipinski definition) is 2. The Bertz CT molecular complexity index is 745. The van der Waals surface area contributed by atoms with Gasteiger partial charge in [-0.15, -0.1) is 0 Å². The Morgan fingerprint density at radius 2 is 1.72 bits per heavy atom. The molecule has 25 heavy (non-hydrogen) atoms. The highest BCUT2D eigenvalue weighted by Crippen LogP contribution is 2.07. The minimum atomic E-state index is -0.411. The van der Waals surface area contributed by atoms with E-state index in [1.54, 1.807) is 17.0 Å². The van der Waals surface area contributed by atoms with Crippen molar-refractivity contribution in [1.29, 1.82) is 0 Å². The number of amides is 2. The normalized spacial score (nSPS) is 10.1. The zero-order valence-electron chi connectivity index (χ0n) is 14.1. The van der Waals surface area contributed by atoms with Gasteiger partial charge >= 0.3 is 0 Å². The van der Waals surface area contributed by atoms with Crippen LogP contribution >= 0.6 is 12.2 Å². The second-order valence-corrected chi connectivity index (χ2v) is 6.14. The maximum absolute atomic E-state index is 12.3. The largest absolute Gasteiger partial charge is 0.370 e. The third-order valence-corrected chi connectivity index (χ3v) is 4.03. The number of carbonyl (C=O) groups is 2. The summed E-state index contributed by atoms with van der Waals surface area (Å²) in [4.78, 5) is 25.2. The van der Waals surface area contributed by atoms with Gasteiger partial charge in [0.25, 0.3) is 5.91 Å². The number of nitrogens with two attached hydrogens (primary N) is 1. The summed E-state index contributed by atoms with van der Waals surface area (Å²) < 4.78 is 0. The standard InChI is InChI=1S/C19H21N3O2S/c1-14-7-9-16(10-8-14)18(24)21-19(25)22(12-11-17(20)23)13-15-5-3-2-4-6-15/h2-10H,11-13H2,1H3,(H2,20,23)(H,21,24,25). The molecular weight excluding hydrogens is 334 g/mol. The molecule has 0 aliphatic carbocycles. The van der Waals surface area contributed by atoms with E-state index in [1.165, 1.54) is 0 Å². The number of thiocarbonyl (C=S) groups is 1. The summed E-state index contributed by atoms with van der Waals surface area (Å²) in [6, 6.07) is 16.9. The SMILES string of the molecule is Cc1ccc(C(=O)NC(=S)N(CCC(N)=O)Cc2ccccc2)cc1. The third kappa shape index (κ3) is 6.00. The topological polar surface area (TPSA) is 75.4 Å². The van der Waals surface area contributed by atoms with Crippen molar-refractivity contribution in [2.24, 2.45) is 5.73 Å². The van der Waals surface area contributed by atoms with Crippen LogP contribution in [0.5, 0.6) is 0 Å². The predicted molar refractivity (Wildman–Crippen MR) is 102 cm³/mol. The molecule has 0 saturated heterocycles. The second-order valence-electron chi connectivity index (χ2n) is 5.75. The summed E-state index contributed by atoms with van der Waals surface area (Å²) in [6.45, 7) is 2.79. The molecule has 2 amide bonds. The molecule has 6 heteroatoms. The van der Waals surface area contributed by atoms with Gasteiger partial charge in [-0.05, 0) is 36.8 Å². The van der Waals surface area contributed by atoms with Gasteiger partial charge in [0.15, 0.2) is 5.11 Å². The molecule has 2 aromatic rings. The first-order valence-electron chi connectivity index (χ1n) is 7.95. The maximum atomic E-state index is 12.3. The number of primary amides is 1. The van der Waals surface area contributed by atoms with Gasteiger partial charge < -0.3 is 10.6 Å². The van der Waals surface area contributed by atoms with E-state index in [-0.39, 0.29) is 17.4 Å². The molecule has 0 atom stereocenters. The van der Waals surface area contributed by atoms with Crippen LogP contribution in [0.2, 0.25) is 0 Å². The summed E-state index contributed by atoms with van der Waals surface area (Å²) in [7, 11) is 0. The molecule has 0 bridgehead atoms. The lowest BCUT2D eigenvalue weighted by molar-refractivity contribution is -0.118. The van der Waals surface area contributed by atoms with Crippen molar-refractivity contribution in [3.63, 3.8) is 0 Å². The lowest BCUT2D eigenvalue weighted by Gasteiger charge is -2.25. The van der Waals surface area contributed by atoms with Crippen molar-refractivity contribution >= 4 is 29.1 Å². The molecule has 5 nitrogen and oxygen atoms in total. The molecule has 0 fully saturated rings. The van der Waals surface area contributed by atoms with Gasteiger partial charge in [0, 0.05) is 25.1 Å². The van der Waals surface area contributed by atoms with Crippen LogP contribution in [-0.2, 0) is 11.3 Å². The number of aryl methyl sites for hydroxylation is 1. The van der Waals surface area contributed by atoms with Crippen molar-refractivity contribution < 1.29 is 9.59 Å². The van der Waals surface area contributed by atoms with Crippen LogP contribution in [0.1, 0.15) is 27.9 Å². The van der Waals surface area contributed by atoms with Gasteiger partial charge in [-0.3, -0.25) is 14.9 Å². The summed E-state index contributed by atoms with van der Waals surface area (Å²) in [5.74, 6) is -0.687. The zero-order chi connectivity index (χ0) is 18.2. The first-order chi connectivity index (χ1) is 12.0. The fraction of sp³-hybridized carbons (Fsp3) is 0.211. The lowest BCUT2D eigenvalue weighted by Crippen LogP contribution is -2.43. The van der Waals surface area contributed by atoms with Gasteiger partial charge in [0.05, 0.1) is 0 Å². The van der Waals surface area contributed by atoms with E-state index in [9.17, 15) is 9.59 Å². The Morgan fingerprint density at radius 1 is 1.08 bits per heavy atom. The molecule has 2 aromatic carbocycles. The number of carbonyl (C=O) groups excluding carboxylic acids is 2. The fourth-order valence-electron chi connectivity index (χ4n) is 2.25. The molecular formula is C19H21N3O2S. The van der Waals surface area contributed by atoms with Crippen molar-refractivity contribution in [2.75, 3.05) is 6.54 Å². The smallest absolute Gasteiger partial charge is 0.257 e. The molecule has 0 radical (unpaired) electrons. The van der Waals surface area contributed by atoms with E-state index >= 15 is 0 Å². The minimum Gasteiger partial charge on any atom is -0.370 e. The van der Waals surface area contributed by atoms with E-state index in [2.05, 4.69) is 5.32 Å². The lowest BCUT2D eigenvalue weighted by atomic mass is 10.1. The number of nitrogens with one attached hydrogen (secondary N) is 1. The Kier molecular flexibility index (Phi) is 6.65. The quantitative estimate of drug-likeness (QED) is 0.780. The fourth-order valence-corrected chi connectivity index (χ4v) is 2.50. The molecule has 0 aliphatic heterocycles. The third-order valence-electron chi connectivity index (χ3n) is 3.67. The molecule has 0 aliphatic rings. The first kappa shape index (κ1) is 18.6. The van der Waals surface area contributed by atoms with Gasteiger partial charge in [-0.25, -0.2) is 0 Å². The molecule has 0 spiro atoms. The maximum Gasteiger partial charge on any atom is 0.257 e. The highest BCUT2D eigenvalue weighted by atomic mass is 32.1. The second kappa shape index (κ2) is 8.94. The van der Waals surface area contributed by atoms with Crippen LogP contribution in [0.15, 0.2) is 54.6 Å². The van der Waals surface area contributed by atoms with Crippen molar-refractivity contribution in [3.05, 3.63) is 71.3 Å². The molecule has 130 valence electrons. The average Bonchev–Trinajstić information content (AvgIpc) is 2.59. The van der Waals surface area contributed by atoms with Crippen molar-refractivity contribution in [3.8, 4) is 0 Å². The Labute approximate surface area is 152 Å². The minimum absolute atomic E-state index is 0.160. The van der Waals surface area contributed by atoms with Gasteiger partial charge in [0.1, 0.15) is 0 Å². The van der Waals surface area contributed by atoms with Crippen LogP contribution in [-0.4, -0.2) is 28.4 Å². The molecule has 0 aromatic heterocycles. The Morgan fingerprint density at radius 3 is 2.32 bits per heavy atom. The number of hydrogen-bond acceptors (Lipinski definition) is 3. The summed E-state index contributed by atoms with van der Waals surface area (Å²) in [5.41, 5.74) is 7.88. The molecule has 0 unspecified atom stereocenters. The van der Waals surface area contributed by atoms with E-state index in [1.807, 2.05) is 49.4 Å². The van der Waals surface area contributed by atoms with Crippen molar-refractivity contribution in [1.82, 2.24) is 10.2 Å². The number of rotatable bonds is 6. The molecule has 3 N–H and O–H groups in total. The van der Waals surface area contributed by atoms with E-state index < -0.39 is 5.91 Å². The van der Waals surface area contributed by atoms with Gasteiger partial charge in [0.2, 0.25) is 5.91 Å². The monoisotopic (exact) mass is 355 g/mol. The highest BCUT2D eigenvalue weighted by molar-refractivity contribution is 7.80. The average molecular weight is 355 g/mol. The summed E-state index contributed by atoms with van der Waals surface area (Å²) >= 11 is 5.37. The van der Waals surface area contributed by atoms with Gasteiger partial charge in [-0.2, -0.15) is 0 Å². The van der Waals surface area contributed by atoms with Gasteiger partial charge in [-0.1, -0.05) is 48.0 Å². The molecule has 2 rings (SSSR count). The van der Waals surface area contributed by atoms with E-state index in [4.69, 9.17) is 18.0 Å². The predicted octanol–water partition coefficient (Wildman–Crippen LogP) is 2.39. The van der Waals surface area contributed by atoms with Crippen LogP contribution in [0.25, 0.3) is 0 Å². The Balaban J connectivity index is 2.06. The number of nitrogens with zero attached hydrogens (tertiary/aromatic N) is 1. The van der Waals surface area contributed by atoms with Crippen LogP contribution < -0.4 is 11.1 Å². The zero-order valence-corrected chi connectivity index (χ0v) is 14.9. The van der Waals surface area contributed by atoms with Crippen LogP contribution in [0, 0.1) is 6.92 Å². The van der Waals surface area contributed by atoms with Crippen molar-refractivity contribution in [2.45, 2.75) is 19.9 Å². The Hall–Kier alpha value is -2.73. The van der Waals surface area contributed by atoms with Crippen LogP contribution in [0.3, 0.4) is 0 Å².